The smallest absolute Gasteiger partial charge is 0.258 e. The van der Waals surface area contributed by atoms with Gasteiger partial charge < -0.3 is 15.0 Å². The maximum atomic E-state index is 13.3. The average molecular weight is 410 g/mol. The lowest BCUT2D eigenvalue weighted by molar-refractivity contribution is -0.125. The number of halogens is 1. The van der Waals surface area contributed by atoms with Gasteiger partial charge in [0.15, 0.2) is 0 Å². The fraction of sp³-hybridized carbons (Fsp3) is 0.333. The third-order valence-electron chi connectivity index (χ3n) is 5.32. The van der Waals surface area contributed by atoms with Crippen molar-refractivity contribution in [2.24, 2.45) is 0 Å². The van der Waals surface area contributed by atoms with E-state index in [0.29, 0.717) is 24.2 Å². The zero-order chi connectivity index (χ0) is 21.7. The highest BCUT2D eigenvalue weighted by molar-refractivity contribution is 5.99. The molecule has 6 heteroatoms. The number of ether oxygens (including phenoxy) is 1. The van der Waals surface area contributed by atoms with Crippen molar-refractivity contribution in [2.45, 2.75) is 44.9 Å². The molecule has 5 nitrogen and oxygen atoms in total. The topological polar surface area (TPSA) is 58.6 Å². The van der Waals surface area contributed by atoms with Crippen LogP contribution in [0.15, 0.2) is 60.7 Å². The van der Waals surface area contributed by atoms with Crippen molar-refractivity contribution < 1.29 is 18.7 Å². The van der Waals surface area contributed by atoms with Gasteiger partial charge in [0, 0.05) is 13.5 Å². The van der Waals surface area contributed by atoms with Crippen LogP contribution in [0.3, 0.4) is 0 Å². The van der Waals surface area contributed by atoms with E-state index in [9.17, 15) is 14.0 Å². The molecule has 2 aromatic rings. The van der Waals surface area contributed by atoms with Crippen molar-refractivity contribution in [3.63, 3.8) is 0 Å². The third-order valence-corrected chi connectivity index (χ3v) is 5.32. The summed E-state index contributed by atoms with van der Waals surface area (Å²) in [7, 11) is 1.60. The van der Waals surface area contributed by atoms with Gasteiger partial charge in [-0.05, 0) is 50.1 Å². The summed E-state index contributed by atoms with van der Waals surface area (Å²) in [5.74, 6) is -0.391. The van der Waals surface area contributed by atoms with Crippen molar-refractivity contribution in [1.29, 1.82) is 0 Å². The van der Waals surface area contributed by atoms with E-state index in [4.69, 9.17) is 4.74 Å². The summed E-state index contributed by atoms with van der Waals surface area (Å²) < 4.78 is 19.3. The Hall–Kier alpha value is -3.15. The monoisotopic (exact) mass is 410 g/mol. The van der Waals surface area contributed by atoms with Crippen LogP contribution in [0.2, 0.25) is 0 Å². The molecule has 158 valence electrons. The quantitative estimate of drug-likeness (QED) is 0.715. The van der Waals surface area contributed by atoms with Gasteiger partial charge in [-0.1, -0.05) is 36.4 Å². The molecule has 3 atom stereocenters. The summed E-state index contributed by atoms with van der Waals surface area (Å²) in [6.45, 7) is 3.63. The van der Waals surface area contributed by atoms with Crippen LogP contribution in [0, 0.1) is 5.82 Å². The van der Waals surface area contributed by atoms with Crippen LogP contribution in [0.5, 0.6) is 5.75 Å². The second kappa shape index (κ2) is 9.57. The minimum absolute atomic E-state index is 0.125. The molecule has 0 saturated carbocycles. The number of carbonyl (C=O) groups is 2. The van der Waals surface area contributed by atoms with Crippen molar-refractivity contribution in [3.8, 4) is 5.75 Å². The molecule has 0 aliphatic carbocycles. The van der Waals surface area contributed by atoms with Gasteiger partial charge in [0.2, 0.25) is 5.91 Å². The number of carbonyl (C=O) groups excluding carboxylic acids is 2. The van der Waals surface area contributed by atoms with E-state index in [0.717, 1.165) is 5.56 Å². The normalized spacial score (nSPS) is 24.3. The Labute approximate surface area is 176 Å². The molecule has 1 heterocycles. The van der Waals surface area contributed by atoms with Gasteiger partial charge in [-0.2, -0.15) is 0 Å². The number of amides is 2. The van der Waals surface area contributed by atoms with Crippen molar-refractivity contribution in [3.05, 3.63) is 77.6 Å². The number of benzene rings is 2. The van der Waals surface area contributed by atoms with E-state index in [2.05, 4.69) is 5.32 Å². The van der Waals surface area contributed by atoms with Crippen molar-refractivity contribution >= 4 is 11.8 Å². The summed E-state index contributed by atoms with van der Waals surface area (Å²) >= 11 is 0. The number of likely N-dealkylation sites (N-methyl/N-ethyl adjacent to an activating group) is 1. The third kappa shape index (κ3) is 5.06. The molecule has 0 aromatic heterocycles. The van der Waals surface area contributed by atoms with Crippen LogP contribution < -0.4 is 10.1 Å². The van der Waals surface area contributed by atoms with E-state index in [1.807, 2.05) is 25.1 Å². The first-order valence-corrected chi connectivity index (χ1v) is 10.1. The number of hydrogen-bond acceptors (Lipinski definition) is 3. The van der Waals surface area contributed by atoms with E-state index in [1.165, 1.54) is 17.0 Å². The summed E-state index contributed by atoms with van der Waals surface area (Å²) in [6.07, 6.45) is 5.06. The number of nitrogens with zero attached hydrogens (tertiary/aromatic N) is 1. The molecule has 0 fully saturated rings. The summed E-state index contributed by atoms with van der Waals surface area (Å²) in [5.41, 5.74) is 1.22. The van der Waals surface area contributed by atoms with E-state index >= 15 is 0 Å². The van der Waals surface area contributed by atoms with Gasteiger partial charge in [-0.15, -0.1) is 0 Å². The molecule has 0 radical (unpaired) electrons. The Morgan fingerprint density at radius 2 is 1.67 bits per heavy atom. The Bertz CT molecular complexity index is 926. The van der Waals surface area contributed by atoms with Crippen LogP contribution >= 0.6 is 0 Å². The highest BCUT2D eigenvalue weighted by Crippen LogP contribution is 2.24. The Balaban J connectivity index is 1.92. The molecule has 3 rings (SSSR count). The predicted octanol–water partition coefficient (Wildman–Crippen LogP) is 4.26. The molecule has 1 aliphatic heterocycles. The highest BCUT2D eigenvalue weighted by Gasteiger charge is 2.27. The summed E-state index contributed by atoms with van der Waals surface area (Å²) in [6, 6.07) is 12.1. The molecule has 0 unspecified atom stereocenters. The van der Waals surface area contributed by atoms with Gasteiger partial charge in [0.05, 0.1) is 17.7 Å². The van der Waals surface area contributed by atoms with Crippen LogP contribution in [0.1, 0.15) is 48.7 Å². The minimum atomic E-state index is -0.696. The number of nitrogens with one attached hydrogen (secondary N) is 1. The van der Waals surface area contributed by atoms with Gasteiger partial charge >= 0.3 is 0 Å². The van der Waals surface area contributed by atoms with Gasteiger partial charge in [0.1, 0.15) is 17.6 Å². The van der Waals surface area contributed by atoms with Gasteiger partial charge in [-0.3, -0.25) is 9.59 Å². The van der Waals surface area contributed by atoms with Gasteiger partial charge in [0.25, 0.3) is 5.91 Å². The molecule has 2 amide bonds. The zero-order valence-electron chi connectivity index (χ0n) is 17.5. The van der Waals surface area contributed by atoms with E-state index in [-0.39, 0.29) is 29.8 Å². The van der Waals surface area contributed by atoms with Crippen LogP contribution in [0.4, 0.5) is 4.39 Å². The summed E-state index contributed by atoms with van der Waals surface area (Å²) in [4.78, 5) is 27.4. The Kier molecular flexibility index (Phi) is 6.87. The van der Waals surface area contributed by atoms with Crippen LogP contribution in [-0.4, -0.2) is 35.9 Å². The van der Waals surface area contributed by atoms with Gasteiger partial charge in [-0.25, -0.2) is 4.39 Å². The molecule has 2 aromatic carbocycles. The largest absolute Gasteiger partial charge is 0.490 e. The maximum absolute atomic E-state index is 13.3. The SMILES string of the molecule is C[C@@H]1C(=O)N[C@H](c2ccc(F)cc2)C/C=C\C[C@H](C)Oc2ccccc2C(=O)N1C. The van der Waals surface area contributed by atoms with Crippen molar-refractivity contribution in [1.82, 2.24) is 10.2 Å². The number of para-hydroxylation sites is 1. The maximum Gasteiger partial charge on any atom is 0.258 e. The second-order valence-corrected chi connectivity index (χ2v) is 7.57. The molecular weight excluding hydrogens is 383 g/mol. The van der Waals surface area contributed by atoms with Crippen LogP contribution in [0.25, 0.3) is 0 Å². The second-order valence-electron chi connectivity index (χ2n) is 7.57. The fourth-order valence-electron chi connectivity index (χ4n) is 3.34. The lowest BCUT2D eigenvalue weighted by Gasteiger charge is -2.28. The van der Waals surface area contributed by atoms with Crippen LogP contribution in [-0.2, 0) is 4.79 Å². The predicted molar refractivity (Wildman–Crippen MR) is 114 cm³/mol. The van der Waals surface area contributed by atoms with E-state index in [1.54, 1.807) is 44.3 Å². The first kappa shape index (κ1) is 21.6. The standard InChI is InChI=1S/C24H27FN2O3/c1-16-8-4-6-10-21(18-12-14-19(25)15-13-18)26-23(28)17(2)27(3)24(29)20-9-5-7-11-22(20)30-16/h4-7,9,11-17,21H,8,10H2,1-3H3,(H,26,28)/b6-4-/t16-,17+,21-/m0/s1. The molecule has 1 N–H and O–H groups in total. The average Bonchev–Trinajstić information content (AvgIpc) is 2.74. The Morgan fingerprint density at radius 3 is 2.40 bits per heavy atom. The Morgan fingerprint density at radius 1 is 1.00 bits per heavy atom. The molecule has 0 saturated heterocycles. The zero-order valence-corrected chi connectivity index (χ0v) is 17.5. The lowest BCUT2D eigenvalue weighted by Crippen LogP contribution is -2.47. The molecule has 0 bridgehead atoms. The molecule has 30 heavy (non-hydrogen) atoms. The lowest BCUT2D eigenvalue weighted by atomic mass is 10.0. The summed E-state index contributed by atoms with van der Waals surface area (Å²) in [5, 5.41) is 3.00. The number of hydrogen-bond donors (Lipinski definition) is 1. The number of fused-ring (bicyclic) bond motifs is 1. The molecule has 1 aliphatic rings. The fourth-order valence-corrected chi connectivity index (χ4v) is 3.34. The first-order chi connectivity index (χ1) is 14.4. The van der Waals surface area contributed by atoms with E-state index < -0.39 is 6.04 Å². The highest BCUT2D eigenvalue weighted by atomic mass is 19.1. The minimum Gasteiger partial charge on any atom is -0.490 e. The number of rotatable bonds is 1. The first-order valence-electron chi connectivity index (χ1n) is 10.1. The molecular formula is C24H27FN2O3. The molecule has 0 spiro atoms. The van der Waals surface area contributed by atoms with Crippen molar-refractivity contribution in [2.75, 3.05) is 7.05 Å².